The van der Waals surface area contributed by atoms with Crippen molar-refractivity contribution in [1.82, 2.24) is 14.8 Å². The fourth-order valence-electron chi connectivity index (χ4n) is 3.90. The van der Waals surface area contributed by atoms with Crippen LogP contribution in [0.5, 0.6) is 0 Å². The molecule has 0 N–H and O–H groups in total. The van der Waals surface area contributed by atoms with E-state index in [0.717, 1.165) is 30.6 Å². The van der Waals surface area contributed by atoms with E-state index in [1.807, 2.05) is 35.2 Å². The summed E-state index contributed by atoms with van der Waals surface area (Å²) in [6.45, 7) is 3.36. The second kappa shape index (κ2) is 7.41. The number of likely N-dealkylation sites (tertiary alicyclic amines) is 1. The van der Waals surface area contributed by atoms with Crippen LogP contribution in [0, 0.1) is 11.7 Å². The summed E-state index contributed by atoms with van der Waals surface area (Å²) in [4.78, 5) is 20.4. The van der Waals surface area contributed by atoms with Crippen LogP contribution in [0.25, 0.3) is 0 Å². The third-order valence-electron chi connectivity index (χ3n) is 5.22. The number of ether oxygens (including phenoxy) is 1. The first-order valence-electron chi connectivity index (χ1n) is 8.98. The van der Waals surface area contributed by atoms with Crippen LogP contribution >= 0.6 is 0 Å². The van der Waals surface area contributed by atoms with Gasteiger partial charge in [0.25, 0.3) is 0 Å². The Morgan fingerprint density at radius 3 is 2.81 bits per heavy atom. The van der Waals surface area contributed by atoms with E-state index in [9.17, 15) is 9.18 Å². The fraction of sp³-hybridized carbons (Fsp3) is 0.400. The van der Waals surface area contributed by atoms with Crippen molar-refractivity contribution in [3.63, 3.8) is 0 Å². The molecule has 1 amide bonds. The van der Waals surface area contributed by atoms with Crippen LogP contribution in [0.2, 0.25) is 0 Å². The van der Waals surface area contributed by atoms with Crippen molar-refractivity contribution in [1.29, 1.82) is 0 Å². The zero-order valence-corrected chi connectivity index (χ0v) is 14.6. The molecule has 0 unspecified atom stereocenters. The second-order valence-corrected chi connectivity index (χ2v) is 7.05. The lowest BCUT2D eigenvalue weighted by Gasteiger charge is -2.46. The maximum absolute atomic E-state index is 13.4. The highest BCUT2D eigenvalue weighted by Crippen LogP contribution is 2.29. The predicted octanol–water partition coefficient (Wildman–Crippen LogP) is 3.06. The molecule has 0 radical (unpaired) electrons. The molecule has 1 aromatic carbocycles. The van der Waals surface area contributed by atoms with E-state index in [1.54, 1.807) is 6.20 Å². The highest BCUT2D eigenvalue weighted by molar-refractivity contribution is 5.69. The number of benzene rings is 1. The van der Waals surface area contributed by atoms with Crippen LogP contribution in [0.15, 0.2) is 48.8 Å². The lowest BCUT2D eigenvalue weighted by molar-refractivity contribution is -0.0327. The molecule has 2 saturated heterocycles. The van der Waals surface area contributed by atoms with Crippen LogP contribution in [0.4, 0.5) is 9.18 Å². The van der Waals surface area contributed by atoms with Crippen LogP contribution < -0.4 is 0 Å². The minimum absolute atomic E-state index is 0.117. The van der Waals surface area contributed by atoms with E-state index in [4.69, 9.17) is 4.74 Å². The molecule has 1 aromatic heterocycles. The molecule has 2 aliphatic rings. The number of rotatable bonds is 4. The molecule has 6 heteroatoms. The molecule has 2 atom stereocenters. The van der Waals surface area contributed by atoms with E-state index >= 15 is 0 Å². The number of fused-ring (bicyclic) bond motifs is 1. The monoisotopic (exact) mass is 355 g/mol. The quantitative estimate of drug-likeness (QED) is 0.846. The number of carbonyl (C=O) groups is 1. The van der Waals surface area contributed by atoms with Crippen LogP contribution in [0.1, 0.15) is 17.5 Å². The summed E-state index contributed by atoms with van der Waals surface area (Å²) in [5.74, 6) is 0.0302. The molecule has 5 nitrogen and oxygen atoms in total. The molecule has 136 valence electrons. The lowest BCUT2D eigenvalue weighted by Crippen LogP contribution is -2.58. The van der Waals surface area contributed by atoms with Crippen molar-refractivity contribution in [2.75, 3.05) is 19.7 Å². The molecule has 2 aromatic rings. The smallest absolute Gasteiger partial charge is 0.410 e. The molecule has 0 aliphatic carbocycles. The Bertz CT molecular complexity index is 771. The maximum atomic E-state index is 13.4. The van der Waals surface area contributed by atoms with Crippen molar-refractivity contribution in [2.24, 2.45) is 5.92 Å². The van der Waals surface area contributed by atoms with Crippen LogP contribution in [-0.4, -0.2) is 46.6 Å². The number of hydrogen-bond donors (Lipinski definition) is 0. The summed E-state index contributed by atoms with van der Waals surface area (Å²) in [7, 11) is 0. The molecular weight excluding hydrogens is 333 g/mol. The number of carbonyl (C=O) groups excluding carboxylic acids is 1. The van der Waals surface area contributed by atoms with Gasteiger partial charge in [0.2, 0.25) is 0 Å². The normalized spacial score (nSPS) is 23.4. The third-order valence-corrected chi connectivity index (χ3v) is 5.22. The van der Waals surface area contributed by atoms with Gasteiger partial charge in [0.05, 0.1) is 18.8 Å². The van der Waals surface area contributed by atoms with E-state index in [1.165, 1.54) is 12.3 Å². The van der Waals surface area contributed by atoms with E-state index in [0.29, 0.717) is 25.6 Å². The number of hydrogen-bond acceptors (Lipinski definition) is 4. The molecule has 2 aliphatic heterocycles. The molecule has 0 spiro atoms. The number of pyridine rings is 1. The van der Waals surface area contributed by atoms with Gasteiger partial charge in [-0.3, -0.25) is 14.8 Å². The van der Waals surface area contributed by atoms with Gasteiger partial charge in [0.1, 0.15) is 5.82 Å². The Labute approximate surface area is 152 Å². The minimum atomic E-state index is -0.315. The molecule has 2 fully saturated rings. The standard InChI is InChI=1S/C20H22FN3O2/c21-18-8-16(9-22-10-18)11-23-7-6-17-14-26-20(25)24(19(17)13-23)12-15-4-2-1-3-5-15/h1-5,8-10,17,19H,6-7,11-14H2/t17-,19+/m0/s1. The van der Waals surface area contributed by atoms with E-state index < -0.39 is 0 Å². The Hall–Kier alpha value is -2.47. The SMILES string of the molecule is O=C1OC[C@@H]2CCN(Cc3cncc(F)c3)C[C@H]2N1Cc1ccccc1. The number of piperidine rings is 1. The van der Waals surface area contributed by atoms with Crippen LogP contribution in [-0.2, 0) is 17.8 Å². The van der Waals surface area contributed by atoms with Crippen molar-refractivity contribution < 1.29 is 13.9 Å². The summed E-state index contributed by atoms with van der Waals surface area (Å²) in [5.41, 5.74) is 1.95. The topological polar surface area (TPSA) is 45.7 Å². The Morgan fingerprint density at radius 1 is 1.15 bits per heavy atom. The summed E-state index contributed by atoms with van der Waals surface area (Å²) in [6.07, 6.45) is 3.64. The number of aromatic nitrogens is 1. The lowest BCUT2D eigenvalue weighted by atomic mass is 9.89. The highest BCUT2D eigenvalue weighted by atomic mass is 19.1. The first kappa shape index (κ1) is 17.0. The van der Waals surface area contributed by atoms with Crippen molar-refractivity contribution in [3.05, 3.63) is 65.7 Å². The summed E-state index contributed by atoms with van der Waals surface area (Å²) >= 11 is 0. The van der Waals surface area contributed by atoms with Gasteiger partial charge in [-0.2, -0.15) is 0 Å². The van der Waals surface area contributed by atoms with Gasteiger partial charge in [-0.25, -0.2) is 9.18 Å². The van der Waals surface area contributed by atoms with Gasteiger partial charge in [0, 0.05) is 31.7 Å². The predicted molar refractivity (Wildman–Crippen MR) is 94.7 cm³/mol. The van der Waals surface area contributed by atoms with Crippen molar-refractivity contribution in [3.8, 4) is 0 Å². The summed E-state index contributed by atoms with van der Waals surface area (Å²) < 4.78 is 18.8. The van der Waals surface area contributed by atoms with Crippen molar-refractivity contribution >= 4 is 6.09 Å². The fourth-order valence-corrected chi connectivity index (χ4v) is 3.90. The van der Waals surface area contributed by atoms with Crippen molar-refractivity contribution in [2.45, 2.75) is 25.6 Å². The summed E-state index contributed by atoms with van der Waals surface area (Å²) in [6, 6.07) is 11.6. The largest absolute Gasteiger partial charge is 0.449 e. The Kier molecular flexibility index (Phi) is 4.84. The van der Waals surface area contributed by atoms with Gasteiger partial charge in [0.15, 0.2) is 0 Å². The van der Waals surface area contributed by atoms with Gasteiger partial charge in [-0.1, -0.05) is 30.3 Å². The number of nitrogens with zero attached hydrogens (tertiary/aromatic N) is 3. The molecule has 0 bridgehead atoms. The highest BCUT2D eigenvalue weighted by Gasteiger charge is 2.40. The molecule has 4 rings (SSSR count). The van der Waals surface area contributed by atoms with Crippen LogP contribution in [0.3, 0.4) is 0 Å². The maximum Gasteiger partial charge on any atom is 0.410 e. The Morgan fingerprint density at radius 2 is 2.00 bits per heavy atom. The van der Waals surface area contributed by atoms with E-state index in [-0.39, 0.29) is 18.0 Å². The minimum Gasteiger partial charge on any atom is -0.449 e. The molecule has 26 heavy (non-hydrogen) atoms. The van der Waals surface area contributed by atoms with E-state index in [2.05, 4.69) is 9.88 Å². The third kappa shape index (κ3) is 3.70. The van der Waals surface area contributed by atoms with Gasteiger partial charge < -0.3 is 4.74 Å². The number of amides is 1. The number of cyclic esters (lactones) is 1. The molecule has 0 saturated carbocycles. The average molecular weight is 355 g/mol. The summed E-state index contributed by atoms with van der Waals surface area (Å²) in [5, 5.41) is 0. The molecule has 3 heterocycles. The van der Waals surface area contributed by atoms with Gasteiger partial charge in [-0.15, -0.1) is 0 Å². The zero-order valence-electron chi connectivity index (χ0n) is 14.6. The first-order valence-corrected chi connectivity index (χ1v) is 8.98. The molecular formula is C20H22FN3O2. The van der Waals surface area contributed by atoms with Gasteiger partial charge >= 0.3 is 6.09 Å². The first-order chi connectivity index (χ1) is 12.7. The zero-order chi connectivity index (χ0) is 17.9. The average Bonchev–Trinajstić information content (AvgIpc) is 2.65. The Balaban J connectivity index is 1.48. The second-order valence-electron chi connectivity index (χ2n) is 7.05. The van der Waals surface area contributed by atoms with Gasteiger partial charge in [-0.05, 0) is 30.2 Å². The number of halogens is 1.